The molecule has 0 saturated heterocycles. The zero-order chi connectivity index (χ0) is 12.2. The molecule has 1 atom stereocenters. The molecule has 90 valence electrons. The Labute approximate surface area is 99.0 Å². The van der Waals surface area contributed by atoms with E-state index >= 15 is 0 Å². The minimum Gasteiger partial charge on any atom is -0.298 e. The van der Waals surface area contributed by atoms with E-state index in [-0.39, 0.29) is 17.1 Å². The van der Waals surface area contributed by atoms with Crippen molar-refractivity contribution in [1.82, 2.24) is 0 Å². The number of Topliss-reactive ketones (excluding diaryl/α,β-unsaturated/α-hetero) is 1. The highest BCUT2D eigenvalue weighted by atomic mass is 16.1. The fraction of sp³-hybridized carbons (Fsp3) is 0.857. The predicted molar refractivity (Wildman–Crippen MR) is 64.8 cm³/mol. The molecule has 0 radical (unpaired) electrons. The Balaban J connectivity index is 2.77. The van der Waals surface area contributed by atoms with Crippen LogP contribution in [0.2, 0.25) is 0 Å². The first-order chi connectivity index (χ1) is 7.55. The van der Waals surface area contributed by atoms with Crippen LogP contribution in [0.3, 0.4) is 0 Å². The molecular weight excluding hydrogens is 198 g/mol. The van der Waals surface area contributed by atoms with Crippen LogP contribution in [-0.2, 0) is 4.79 Å². The highest BCUT2D eigenvalue weighted by Gasteiger charge is 2.42. The SMILES string of the molecule is CCC1(C(=O)C(C#N)CC(C)C)CCCC1. The fourth-order valence-electron chi connectivity index (χ4n) is 2.89. The molecule has 0 amide bonds. The van der Waals surface area contributed by atoms with E-state index in [0.717, 1.165) is 38.5 Å². The molecule has 0 aliphatic heterocycles. The van der Waals surface area contributed by atoms with Crippen LogP contribution >= 0.6 is 0 Å². The quantitative estimate of drug-likeness (QED) is 0.710. The van der Waals surface area contributed by atoms with Gasteiger partial charge in [0.25, 0.3) is 0 Å². The van der Waals surface area contributed by atoms with Crippen molar-refractivity contribution in [3.05, 3.63) is 0 Å². The summed E-state index contributed by atoms with van der Waals surface area (Å²) in [4.78, 5) is 12.4. The molecule has 0 aromatic rings. The van der Waals surface area contributed by atoms with Crippen LogP contribution < -0.4 is 0 Å². The number of carbonyl (C=O) groups is 1. The molecule has 0 bridgehead atoms. The standard InChI is InChI=1S/C14H23NO/c1-4-14(7-5-6-8-14)13(16)12(10-15)9-11(2)3/h11-12H,4-9H2,1-3H3. The first-order valence-corrected chi connectivity index (χ1v) is 6.49. The van der Waals surface area contributed by atoms with Gasteiger partial charge in [-0.2, -0.15) is 5.26 Å². The minimum absolute atomic E-state index is 0.157. The van der Waals surface area contributed by atoms with Crippen molar-refractivity contribution in [2.45, 2.75) is 59.3 Å². The van der Waals surface area contributed by atoms with Crippen LogP contribution in [0, 0.1) is 28.6 Å². The van der Waals surface area contributed by atoms with E-state index in [1.54, 1.807) is 0 Å². The summed E-state index contributed by atoms with van der Waals surface area (Å²) in [5.41, 5.74) is -0.157. The maximum Gasteiger partial charge on any atom is 0.156 e. The van der Waals surface area contributed by atoms with Crippen LogP contribution in [0.15, 0.2) is 0 Å². The lowest BCUT2D eigenvalue weighted by Gasteiger charge is -2.28. The Morgan fingerprint density at radius 1 is 1.38 bits per heavy atom. The van der Waals surface area contributed by atoms with Crippen molar-refractivity contribution < 1.29 is 4.79 Å². The predicted octanol–water partition coefficient (Wildman–Crippen LogP) is 3.71. The molecule has 1 unspecified atom stereocenters. The van der Waals surface area contributed by atoms with Gasteiger partial charge in [0, 0.05) is 5.41 Å². The van der Waals surface area contributed by atoms with Gasteiger partial charge >= 0.3 is 0 Å². The number of rotatable bonds is 5. The van der Waals surface area contributed by atoms with Crippen LogP contribution in [-0.4, -0.2) is 5.78 Å². The van der Waals surface area contributed by atoms with E-state index in [2.05, 4.69) is 26.8 Å². The van der Waals surface area contributed by atoms with Crippen LogP contribution in [0.5, 0.6) is 0 Å². The number of nitriles is 1. The van der Waals surface area contributed by atoms with Crippen LogP contribution in [0.1, 0.15) is 59.3 Å². The van der Waals surface area contributed by atoms with E-state index in [9.17, 15) is 4.79 Å². The molecule has 1 fully saturated rings. The Kier molecular flexibility index (Phi) is 4.53. The molecule has 1 aliphatic carbocycles. The molecule has 2 nitrogen and oxygen atoms in total. The maximum atomic E-state index is 12.4. The average Bonchev–Trinajstić information content (AvgIpc) is 2.74. The van der Waals surface area contributed by atoms with Gasteiger partial charge in [-0.15, -0.1) is 0 Å². The van der Waals surface area contributed by atoms with E-state index < -0.39 is 0 Å². The zero-order valence-electron chi connectivity index (χ0n) is 10.8. The molecular formula is C14H23NO. The van der Waals surface area contributed by atoms with Gasteiger partial charge in [-0.3, -0.25) is 4.79 Å². The summed E-state index contributed by atoms with van der Waals surface area (Å²) < 4.78 is 0. The molecule has 2 heteroatoms. The largest absolute Gasteiger partial charge is 0.298 e. The van der Waals surface area contributed by atoms with Gasteiger partial charge in [0.1, 0.15) is 5.92 Å². The lowest BCUT2D eigenvalue weighted by molar-refractivity contribution is -0.131. The third-order valence-corrected chi connectivity index (χ3v) is 3.94. The van der Waals surface area contributed by atoms with Crippen molar-refractivity contribution >= 4 is 5.78 Å². The number of hydrogen-bond donors (Lipinski definition) is 0. The van der Waals surface area contributed by atoms with Crippen LogP contribution in [0.4, 0.5) is 0 Å². The maximum absolute atomic E-state index is 12.4. The fourth-order valence-corrected chi connectivity index (χ4v) is 2.89. The van der Waals surface area contributed by atoms with Crippen molar-refractivity contribution in [2.75, 3.05) is 0 Å². The molecule has 16 heavy (non-hydrogen) atoms. The summed E-state index contributed by atoms with van der Waals surface area (Å²) in [6.07, 6.45) is 5.93. The Morgan fingerprint density at radius 2 is 1.94 bits per heavy atom. The first kappa shape index (κ1) is 13.2. The number of nitrogens with zero attached hydrogens (tertiary/aromatic N) is 1. The lowest BCUT2D eigenvalue weighted by Crippen LogP contribution is -2.33. The molecule has 1 aliphatic rings. The Bertz CT molecular complexity index is 282. The highest BCUT2D eigenvalue weighted by molar-refractivity contribution is 5.89. The van der Waals surface area contributed by atoms with Gasteiger partial charge in [0.2, 0.25) is 0 Å². The second kappa shape index (κ2) is 5.48. The monoisotopic (exact) mass is 221 g/mol. The molecule has 0 heterocycles. The summed E-state index contributed by atoms with van der Waals surface area (Å²) >= 11 is 0. The van der Waals surface area contributed by atoms with Crippen LogP contribution in [0.25, 0.3) is 0 Å². The first-order valence-electron chi connectivity index (χ1n) is 6.49. The normalized spacial score (nSPS) is 20.7. The summed E-state index contributed by atoms with van der Waals surface area (Å²) in [6.45, 7) is 6.24. The number of hydrogen-bond acceptors (Lipinski definition) is 2. The summed E-state index contributed by atoms with van der Waals surface area (Å²) in [7, 11) is 0. The van der Waals surface area contributed by atoms with Crippen molar-refractivity contribution in [3.63, 3.8) is 0 Å². The van der Waals surface area contributed by atoms with Gasteiger partial charge < -0.3 is 0 Å². The third-order valence-electron chi connectivity index (χ3n) is 3.94. The molecule has 1 rings (SSSR count). The van der Waals surface area contributed by atoms with Gasteiger partial charge in [-0.25, -0.2) is 0 Å². The van der Waals surface area contributed by atoms with Gasteiger partial charge in [0.05, 0.1) is 6.07 Å². The van der Waals surface area contributed by atoms with Gasteiger partial charge in [-0.1, -0.05) is 33.6 Å². The number of carbonyl (C=O) groups excluding carboxylic acids is 1. The highest BCUT2D eigenvalue weighted by Crippen LogP contribution is 2.44. The van der Waals surface area contributed by atoms with Crippen molar-refractivity contribution in [1.29, 1.82) is 5.26 Å². The third kappa shape index (κ3) is 2.64. The lowest BCUT2D eigenvalue weighted by atomic mass is 9.73. The summed E-state index contributed by atoms with van der Waals surface area (Å²) in [6, 6.07) is 2.22. The van der Waals surface area contributed by atoms with Crippen molar-refractivity contribution in [2.24, 2.45) is 17.3 Å². The zero-order valence-corrected chi connectivity index (χ0v) is 10.8. The molecule has 0 N–H and O–H groups in total. The molecule has 1 saturated carbocycles. The average molecular weight is 221 g/mol. The van der Waals surface area contributed by atoms with Crippen molar-refractivity contribution in [3.8, 4) is 6.07 Å². The molecule has 0 aromatic heterocycles. The molecule has 0 spiro atoms. The summed E-state index contributed by atoms with van der Waals surface area (Å²) in [5.74, 6) is 0.269. The second-order valence-corrected chi connectivity index (χ2v) is 5.52. The number of ketones is 1. The van der Waals surface area contributed by atoms with E-state index in [1.807, 2.05) is 0 Å². The van der Waals surface area contributed by atoms with Gasteiger partial charge in [0.15, 0.2) is 5.78 Å². The Morgan fingerprint density at radius 3 is 2.31 bits per heavy atom. The van der Waals surface area contributed by atoms with E-state index in [4.69, 9.17) is 5.26 Å². The summed E-state index contributed by atoms with van der Waals surface area (Å²) in [5, 5.41) is 9.14. The van der Waals surface area contributed by atoms with Gasteiger partial charge in [-0.05, 0) is 31.6 Å². The smallest absolute Gasteiger partial charge is 0.156 e. The van der Waals surface area contributed by atoms with E-state index in [1.165, 1.54) is 0 Å². The Hall–Kier alpha value is -0.840. The van der Waals surface area contributed by atoms with E-state index in [0.29, 0.717) is 5.92 Å². The molecule has 0 aromatic carbocycles. The second-order valence-electron chi connectivity index (χ2n) is 5.52. The minimum atomic E-state index is -0.377. The topological polar surface area (TPSA) is 40.9 Å².